The lowest BCUT2D eigenvalue weighted by atomic mass is 10.2. The summed E-state index contributed by atoms with van der Waals surface area (Å²) in [4.78, 5) is 28.4. The number of fused-ring (bicyclic) bond motifs is 1. The number of rotatable bonds is 3. The van der Waals surface area contributed by atoms with Gasteiger partial charge in [0.15, 0.2) is 11.4 Å². The lowest BCUT2D eigenvalue weighted by molar-refractivity contribution is 0.487. The summed E-state index contributed by atoms with van der Waals surface area (Å²) < 4.78 is 32.4. The van der Waals surface area contributed by atoms with Gasteiger partial charge in [-0.25, -0.2) is 4.98 Å². The first-order valence-corrected chi connectivity index (χ1v) is 8.68. The lowest BCUT2D eigenvalue weighted by Crippen LogP contribution is -2.25. The Morgan fingerprint density at radius 3 is 2.36 bits per heavy atom. The quantitative estimate of drug-likeness (QED) is 0.637. The van der Waals surface area contributed by atoms with Crippen molar-refractivity contribution >= 4 is 21.2 Å². The van der Waals surface area contributed by atoms with E-state index in [0.29, 0.717) is 0 Å². The molecule has 0 N–H and O–H groups in total. The summed E-state index contributed by atoms with van der Waals surface area (Å²) in [5, 5.41) is -0.0808. The van der Waals surface area contributed by atoms with E-state index in [1.807, 2.05) is 6.92 Å². The van der Waals surface area contributed by atoms with E-state index in [1.165, 1.54) is 37.1 Å². The van der Waals surface area contributed by atoms with Crippen LogP contribution in [0, 0.1) is 6.92 Å². The second kappa shape index (κ2) is 5.85. The molecule has 3 aromatic rings. The Morgan fingerprint density at radius 2 is 1.72 bits per heavy atom. The van der Waals surface area contributed by atoms with Gasteiger partial charge in [0.1, 0.15) is 10.3 Å². The zero-order chi connectivity index (χ0) is 18.4. The van der Waals surface area contributed by atoms with E-state index < -0.39 is 21.2 Å². The second-order valence-corrected chi connectivity index (χ2v) is 7.16. The number of pyridine rings is 1. The molecule has 0 spiro atoms. The van der Waals surface area contributed by atoms with E-state index in [-0.39, 0.29) is 21.7 Å². The molecular formula is C16H15N3O5S. The molecule has 9 heteroatoms. The van der Waals surface area contributed by atoms with Gasteiger partial charge in [0.05, 0.1) is 6.33 Å². The summed E-state index contributed by atoms with van der Waals surface area (Å²) in [6.07, 6.45) is 1.25. The summed E-state index contributed by atoms with van der Waals surface area (Å²) in [5.41, 5.74) is -0.127. The maximum absolute atomic E-state index is 12.5. The fraction of sp³-hybridized carbons (Fsp3) is 0.188. The molecule has 130 valence electrons. The molecule has 0 saturated carbocycles. The number of nitrogens with zero attached hydrogens (tertiary/aromatic N) is 3. The first-order valence-electron chi connectivity index (χ1n) is 7.27. The summed E-state index contributed by atoms with van der Waals surface area (Å²) in [6, 6.07) is 7.00. The number of benzene rings is 1. The molecule has 1 aromatic carbocycles. The average molecular weight is 361 g/mol. The van der Waals surface area contributed by atoms with Crippen molar-refractivity contribution in [2.24, 2.45) is 14.1 Å². The Labute approximate surface area is 143 Å². The van der Waals surface area contributed by atoms with Crippen molar-refractivity contribution in [2.75, 3.05) is 0 Å². The fourth-order valence-corrected chi connectivity index (χ4v) is 3.26. The van der Waals surface area contributed by atoms with Crippen molar-refractivity contribution < 1.29 is 12.6 Å². The van der Waals surface area contributed by atoms with Gasteiger partial charge in [-0.05, 0) is 19.1 Å². The van der Waals surface area contributed by atoms with Crippen LogP contribution in [0.15, 0.2) is 51.1 Å². The van der Waals surface area contributed by atoms with Crippen LogP contribution in [-0.4, -0.2) is 22.5 Å². The first kappa shape index (κ1) is 16.9. The molecule has 25 heavy (non-hydrogen) atoms. The summed E-state index contributed by atoms with van der Waals surface area (Å²) in [7, 11) is -1.29. The molecule has 0 saturated heterocycles. The molecule has 0 aliphatic carbocycles. The van der Waals surface area contributed by atoms with Crippen LogP contribution < -0.4 is 15.3 Å². The van der Waals surface area contributed by atoms with Crippen molar-refractivity contribution in [1.82, 2.24) is 14.1 Å². The van der Waals surface area contributed by atoms with Crippen molar-refractivity contribution in [3.63, 3.8) is 0 Å². The maximum atomic E-state index is 12.5. The standard InChI is InChI=1S/C16H15N3O5S/c1-10-4-6-11(7-5-10)25(22,23)24-12-8-13(20)19(3)15-14(12)16(21)18(2)9-17-15/h4-9H,1-3H3. The zero-order valence-electron chi connectivity index (χ0n) is 13.8. The minimum atomic E-state index is -4.20. The Hall–Kier alpha value is -2.94. The van der Waals surface area contributed by atoms with Crippen LogP contribution in [0.5, 0.6) is 5.75 Å². The molecular weight excluding hydrogens is 346 g/mol. The third-order valence-electron chi connectivity index (χ3n) is 3.77. The van der Waals surface area contributed by atoms with Crippen LogP contribution in [0.2, 0.25) is 0 Å². The van der Waals surface area contributed by atoms with Gasteiger partial charge in [0.2, 0.25) is 0 Å². The van der Waals surface area contributed by atoms with Gasteiger partial charge in [0.25, 0.3) is 11.1 Å². The molecule has 3 rings (SSSR count). The number of aromatic nitrogens is 3. The minimum Gasteiger partial charge on any atom is -0.378 e. The average Bonchev–Trinajstić information content (AvgIpc) is 2.55. The predicted octanol–water partition coefficient (Wildman–Crippen LogP) is 0.708. The van der Waals surface area contributed by atoms with Crippen LogP contribution >= 0.6 is 0 Å². The highest BCUT2D eigenvalue weighted by Crippen LogP contribution is 2.23. The third kappa shape index (κ3) is 2.93. The van der Waals surface area contributed by atoms with Crippen LogP contribution in [-0.2, 0) is 24.2 Å². The monoisotopic (exact) mass is 361 g/mol. The van der Waals surface area contributed by atoms with Gasteiger partial charge in [-0.3, -0.25) is 14.2 Å². The largest absolute Gasteiger partial charge is 0.378 e. The van der Waals surface area contributed by atoms with E-state index in [1.54, 1.807) is 12.1 Å². The van der Waals surface area contributed by atoms with Gasteiger partial charge in [-0.1, -0.05) is 17.7 Å². The second-order valence-electron chi connectivity index (χ2n) is 5.62. The number of aryl methyl sites for hydroxylation is 3. The highest BCUT2D eigenvalue weighted by atomic mass is 32.2. The SMILES string of the molecule is Cc1ccc(S(=O)(=O)Oc2cc(=O)n(C)c3ncn(C)c(=O)c23)cc1. The maximum Gasteiger partial charge on any atom is 0.339 e. The third-order valence-corrected chi connectivity index (χ3v) is 5.02. The fourth-order valence-electron chi connectivity index (χ4n) is 2.32. The van der Waals surface area contributed by atoms with Gasteiger partial charge in [-0.15, -0.1) is 0 Å². The van der Waals surface area contributed by atoms with Gasteiger partial charge >= 0.3 is 10.1 Å². The zero-order valence-corrected chi connectivity index (χ0v) is 14.6. The minimum absolute atomic E-state index is 0.0460. The van der Waals surface area contributed by atoms with Crippen molar-refractivity contribution in [3.8, 4) is 5.75 Å². The molecule has 0 radical (unpaired) electrons. The summed E-state index contributed by atoms with van der Waals surface area (Å²) in [5.74, 6) is -0.340. The Morgan fingerprint density at radius 1 is 1.08 bits per heavy atom. The first-order chi connectivity index (χ1) is 11.7. The van der Waals surface area contributed by atoms with Crippen molar-refractivity contribution in [2.45, 2.75) is 11.8 Å². The number of hydrogen-bond donors (Lipinski definition) is 0. The van der Waals surface area contributed by atoms with E-state index in [2.05, 4.69) is 4.98 Å². The molecule has 0 unspecified atom stereocenters. The number of hydrogen-bond acceptors (Lipinski definition) is 6. The topological polar surface area (TPSA) is 100 Å². The van der Waals surface area contributed by atoms with Crippen molar-refractivity contribution in [3.05, 3.63) is 62.9 Å². The van der Waals surface area contributed by atoms with E-state index in [4.69, 9.17) is 4.18 Å². The van der Waals surface area contributed by atoms with Gasteiger partial charge < -0.3 is 8.75 Å². The van der Waals surface area contributed by atoms with E-state index >= 15 is 0 Å². The van der Waals surface area contributed by atoms with Crippen LogP contribution in [0.1, 0.15) is 5.56 Å². The predicted molar refractivity (Wildman–Crippen MR) is 91.2 cm³/mol. The Bertz CT molecular complexity index is 1190. The molecule has 0 fully saturated rings. The van der Waals surface area contributed by atoms with Crippen LogP contribution in [0.25, 0.3) is 11.0 Å². The Kier molecular flexibility index (Phi) is 3.96. The molecule has 0 aliphatic rings. The molecule has 2 heterocycles. The molecule has 8 nitrogen and oxygen atoms in total. The normalized spacial score (nSPS) is 11.6. The van der Waals surface area contributed by atoms with E-state index in [9.17, 15) is 18.0 Å². The molecule has 0 atom stereocenters. The van der Waals surface area contributed by atoms with Gasteiger partial charge in [-0.2, -0.15) is 8.42 Å². The van der Waals surface area contributed by atoms with Gasteiger partial charge in [0, 0.05) is 20.2 Å². The molecule has 0 aliphatic heterocycles. The van der Waals surface area contributed by atoms with E-state index in [0.717, 1.165) is 16.2 Å². The highest BCUT2D eigenvalue weighted by molar-refractivity contribution is 7.87. The van der Waals surface area contributed by atoms with Crippen molar-refractivity contribution in [1.29, 1.82) is 0 Å². The molecule has 0 bridgehead atoms. The van der Waals surface area contributed by atoms with Crippen LogP contribution in [0.3, 0.4) is 0 Å². The summed E-state index contributed by atoms with van der Waals surface area (Å²) in [6.45, 7) is 1.82. The molecule has 0 amide bonds. The van der Waals surface area contributed by atoms with Crippen LogP contribution in [0.4, 0.5) is 0 Å². The Balaban J connectivity index is 2.24. The summed E-state index contributed by atoms with van der Waals surface area (Å²) >= 11 is 0. The lowest BCUT2D eigenvalue weighted by Gasteiger charge is -2.11. The highest BCUT2D eigenvalue weighted by Gasteiger charge is 2.21. The molecule has 2 aromatic heterocycles. The smallest absolute Gasteiger partial charge is 0.339 e.